The van der Waals surface area contributed by atoms with Gasteiger partial charge in [0.05, 0.1) is 16.1 Å². The Morgan fingerprint density at radius 3 is 2.77 bits per heavy atom. The summed E-state index contributed by atoms with van der Waals surface area (Å²) in [6, 6.07) is 7.83. The number of thiazole rings is 1. The van der Waals surface area contributed by atoms with E-state index in [0.29, 0.717) is 23.2 Å². The van der Waals surface area contributed by atoms with Crippen molar-refractivity contribution in [2.24, 2.45) is 0 Å². The van der Waals surface area contributed by atoms with Crippen LogP contribution in [-0.4, -0.2) is 30.7 Å². The highest BCUT2D eigenvalue weighted by Gasteiger charge is 2.25. The van der Waals surface area contributed by atoms with Crippen LogP contribution < -0.4 is 4.72 Å². The molecule has 0 amide bonds. The van der Waals surface area contributed by atoms with Crippen LogP contribution in [0, 0.1) is 11.6 Å². The van der Waals surface area contributed by atoms with Gasteiger partial charge in [0, 0.05) is 51.1 Å². The highest BCUT2D eigenvalue weighted by molar-refractivity contribution is 7.86. The van der Waals surface area contributed by atoms with Gasteiger partial charge in [0.25, 0.3) is 0 Å². The van der Waals surface area contributed by atoms with Crippen molar-refractivity contribution in [3.8, 4) is 20.3 Å². The van der Waals surface area contributed by atoms with Crippen molar-refractivity contribution in [1.29, 1.82) is 0 Å². The van der Waals surface area contributed by atoms with Crippen molar-refractivity contribution in [1.82, 2.24) is 15.0 Å². The first-order valence-corrected chi connectivity index (χ1v) is 13.6. The average molecular weight is 529 g/mol. The Balaban J connectivity index is 1.52. The lowest BCUT2D eigenvalue weighted by atomic mass is 10.0. The highest BCUT2D eigenvalue weighted by Crippen LogP contribution is 2.36. The number of thiophene rings is 1. The average Bonchev–Trinajstić information content (AvgIpc) is 3.61. The lowest BCUT2D eigenvalue weighted by Crippen LogP contribution is -2.13. The van der Waals surface area contributed by atoms with Crippen molar-refractivity contribution in [2.45, 2.75) is 13.3 Å². The number of fused-ring (bicyclic) bond motifs is 1. The molecule has 2 N–H and O–H groups in total. The topological polar surface area (TPSA) is 87.7 Å². The number of aromatic amines is 1. The number of carbonyl (C=O) groups is 1. The fourth-order valence-corrected chi connectivity index (χ4v) is 6.19. The van der Waals surface area contributed by atoms with Gasteiger partial charge in [0.15, 0.2) is 5.82 Å². The van der Waals surface area contributed by atoms with Crippen molar-refractivity contribution >= 4 is 56.2 Å². The van der Waals surface area contributed by atoms with E-state index in [9.17, 15) is 13.4 Å². The molecule has 0 radical (unpaired) electrons. The maximum absolute atomic E-state index is 15.2. The molecule has 5 rings (SSSR count). The third-order valence-electron chi connectivity index (χ3n) is 5.24. The van der Waals surface area contributed by atoms with Crippen molar-refractivity contribution < 1.29 is 17.8 Å². The monoisotopic (exact) mass is 528 g/mol. The molecular formula is C24H18F2N4O2S3. The van der Waals surface area contributed by atoms with Gasteiger partial charge in [-0.2, -0.15) is 0 Å². The van der Waals surface area contributed by atoms with Gasteiger partial charge in [-0.15, -0.1) is 22.7 Å². The van der Waals surface area contributed by atoms with E-state index >= 15 is 4.39 Å². The summed E-state index contributed by atoms with van der Waals surface area (Å²) >= 11 is 3.08. The molecule has 0 aliphatic rings. The second-order valence-electron chi connectivity index (χ2n) is 7.59. The fourth-order valence-electron chi connectivity index (χ4n) is 3.61. The number of benzene rings is 1. The Morgan fingerprint density at radius 1 is 1.17 bits per heavy atom. The zero-order valence-corrected chi connectivity index (χ0v) is 20.8. The molecule has 11 heteroatoms. The molecule has 4 heterocycles. The summed E-state index contributed by atoms with van der Waals surface area (Å²) in [5.74, 6) is -2.61. The van der Waals surface area contributed by atoms with Gasteiger partial charge < -0.3 is 9.71 Å². The lowest BCUT2D eigenvalue weighted by Gasteiger charge is -2.10. The third-order valence-corrected chi connectivity index (χ3v) is 8.54. The Labute approximate surface area is 209 Å². The van der Waals surface area contributed by atoms with E-state index < -0.39 is 34.0 Å². The Morgan fingerprint density at radius 2 is 2.00 bits per heavy atom. The van der Waals surface area contributed by atoms with Gasteiger partial charge in [-0.1, -0.05) is 6.92 Å². The summed E-state index contributed by atoms with van der Waals surface area (Å²) in [7, 11) is -1.54. The molecule has 0 aliphatic heterocycles. The minimum absolute atomic E-state index is 0.0932. The number of anilines is 1. The van der Waals surface area contributed by atoms with Gasteiger partial charge >= 0.3 is 0 Å². The van der Waals surface area contributed by atoms with E-state index in [-0.39, 0.29) is 11.3 Å². The van der Waals surface area contributed by atoms with Gasteiger partial charge in [0.1, 0.15) is 27.5 Å². The summed E-state index contributed by atoms with van der Waals surface area (Å²) in [5.41, 5.74) is 0.388. The predicted octanol–water partition coefficient (Wildman–Crippen LogP) is 6.41. The minimum Gasteiger partial charge on any atom is -0.345 e. The molecule has 5 aromatic rings. The standard InChI is InChI=1S/C24H18F2N4O2S3/c1-2-9-35(32)30-17-4-3-16(25)20(21(17)26)22(31)15-12-29-23-14(15)10-13(11-28-23)18-5-6-19(34-18)24-27-7-8-33-24/h3-8,10-12,30H,2,9H2,1H3,(H,28,29). The molecule has 0 aliphatic carbocycles. The van der Waals surface area contributed by atoms with Crippen LogP contribution in [0.5, 0.6) is 0 Å². The van der Waals surface area contributed by atoms with E-state index in [1.807, 2.05) is 24.4 Å². The van der Waals surface area contributed by atoms with Crippen LogP contribution in [0.2, 0.25) is 0 Å². The third kappa shape index (κ3) is 4.54. The molecule has 1 unspecified atom stereocenters. The fraction of sp³-hybridized carbons (Fsp3) is 0.125. The van der Waals surface area contributed by atoms with E-state index in [2.05, 4.69) is 19.7 Å². The number of ketones is 1. The first-order valence-electron chi connectivity index (χ1n) is 10.6. The van der Waals surface area contributed by atoms with Crippen LogP contribution in [0.3, 0.4) is 0 Å². The van der Waals surface area contributed by atoms with Crippen molar-refractivity contribution in [2.75, 3.05) is 10.5 Å². The number of aromatic nitrogens is 3. The van der Waals surface area contributed by atoms with Crippen LogP contribution in [0.25, 0.3) is 31.4 Å². The first kappa shape index (κ1) is 23.5. The number of halogens is 2. The molecule has 6 nitrogen and oxygen atoms in total. The van der Waals surface area contributed by atoms with Crippen LogP contribution in [0.4, 0.5) is 14.5 Å². The van der Waals surface area contributed by atoms with Gasteiger partial charge in [0.2, 0.25) is 5.78 Å². The quantitative estimate of drug-likeness (QED) is 0.228. The lowest BCUT2D eigenvalue weighted by molar-refractivity contribution is 0.103. The van der Waals surface area contributed by atoms with E-state index in [1.165, 1.54) is 17.5 Å². The van der Waals surface area contributed by atoms with Gasteiger partial charge in [-0.05, 0) is 36.8 Å². The maximum Gasteiger partial charge on any atom is 0.201 e. The number of nitrogens with zero attached hydrogens (tertiary/aromatic N) is 2. The molecule has 1 atom stereocenters. The van der Waals surface area contributed by atoms with E-state index in [1.54, 1.807) is 29.8 Å². The summed E-state index contributed by atoms with van der Waals surface area (Å²) < 4.78 is 44.4. The summed E-state index contributed by atoms with van der Waals surface area (Å²) in [6.07, 6.45) is 5.44. The molecule has 0 saturated heterocycles. The van der Waals surface area contributed by atoms with E-state index in [4.69, 9.17) is 0 Å². The van der Waals surface area contributed by atoms with Gasteiger partial charge in [-0.25, -0.2) is 23.0 Å². The van der Waals surface area contributed by atoms with E-state index in [0.717, 1.165) is 32.5 Å². The molecule has 0 saturated carbocycles. The first-order chi connectivity index (χ1) is 17.0. The number of pyridine rings is 1. The van der Waals surface area contributed by atoms with Gasteiger partial charge in [-0.3, -0.25) is 4.79 Å². The zero-order valence-electron chi connectivity index (χ0n) is 18.3. The van der Waals surface area contributed by atoms with Crippen molar-refractivity contribution in [3.63, 3.8) is 0 Å². The highest BCUT2D eigenvalue weighted by atomic mass is 32.2. The molecule has 4 aromatic heterocycles. The predicted molar refractivity (Wildman–Crippen MR) is 137 cm³/mol. The molecule has 0 spiro atoms. The Kier molecular flexibility index (Phi) is 6.54. The smallest absolute Gasteiger partial charge is 0.201 e. The van der Waals surface area contributed by atoms with Crippen LogP contribution in [-0.2, 0) is 11.0 Å². The Hall–Kier alpha value is -3.28. The van der Waals surface area contributed by atoms with Crippen LogP contribution >= 0.6 is 22.7 Å². The largest absolute Gasteiger partial charge is 0.345 e. The molecule has 0 bridgehead atoms. The normalized spacial score (nSPS) is 12.2. The number of nitrogens with one attached hydrogen (secondary N) is 2. The second kappa shape index (κ2) is 9.76. The molecule has 35 heavy (non-hydrogen) atoms. The van der Waals surface area contributed by atoms with Crippen LogP contribution in [0.1, 0.15) is 29.3 Å². The molecular weight excluding hydrogens is 510 g/mol. The molecule has 178 valence electrons. The number of carbonyl (C=O) groups excluding carboxylic acids is 1. The number of H-pyrrole nitrogens is 1. The molecule has 1 aromatic carbocycles. The number of hydrogen-bond donors (Lipinski definition) is 2. The maximum atomic E-state index is 15.2. The Bertz CT molecular complexity index is 1560. The number of rotatable bonds is 8. The molecule has 0 fully saturated rings. The SMILES string of the molecule is CCCS(=O)Nc1ccc(F)c(C(=O)c2c[nH]c3ncc(-c4ccc(-c5nccs5)s4)cc23)c1F. The summed E-state index contributed by atoms with van der Waals surface area (Å²) in [6.45, 7) is 1.84. The summed E-state index contributed by atoms with van der Waals surface area (Å²) in [5, 5.41) is 3.26. The van der Waals surface area contributed by atoms with Crippen molar-refractivity contribution in [3.05, 3.63) is 77.1 Å². The number of hydrogen-bond acceptors (Lipinski definition) is 6. The minimum atomic E-state index is -1.54. The zero-order chi connectivity index (χ0) is 24.5. The summed E-state index contributed by atoms with van der Waals surface area (Å²) in [4.78, 5) is 26.9. The second-order valence-corrected chi connectivity index (χ2v) is 10.9. The van der Waals surface area contributed by atoms with Crippen LogP contribution in [0.15, 0.2) is 54.3 Å².